The van der Waals surface area contributed by atoms with E-state index in [0.717, 1.165) is 5.56 Å². The van der Waals surface area contributed by atoms with Crippen LogP contribution in [-0.4, -0.2) is 14.2 Å². The van der Waals surface area contributed by atoms with Gasteiger partial charge in [-0.05, 0) is 12.1 Å². The molecule has 0 aliphatic carbocycles. The van der Waals surface area contributed by atoms with Gasteiger partial charge in [0.05, 0.1) is 19.4 Å². The maximum atomic E-state index is 5.70. The minimum absolute atomic E-state index is 0.443. The summed E-state index contributed by atoms with van der Waals surface area (Å²) in [7, 11) is 3.18. The molecule has 1 aromatic rings. The second kappa shape index (κ2) is 4.00. The molecule has 0 spiro atoms. The SMILES string of the molecule is COCc1cc(N)cc(N)c1OC. The Labute approximate surface area is 77.4 Å². The Morgan fingerprint density at radius 3 is 2.46 bits per heavy atom. The van der Waals surface area contributed by atoms with Crippen molar-refractivity contribution in [3.8, 4) is 5.75 Å². The van der Waals surface area contributed by atoms with Crippen LogP contribution in [0.5, 0.6) is 5.75 Å². The van der Waals surface area contributed by atoms with E-state index in [4.69, 9.17) is 20.9 Å². The van der Waals surface area contributed by atoms with Crippen LogP contribution in [0.1, 0.15) is 5.56 Å². The maximum Gasteiger partial charge on any atom is 0.147 e. The highest BCUT2D eigenvalue weighted by Gasteiger charge is 2.07. The van der Waals surface area contributed by atoms with Crippen molar-refractivity contribution < 1.29 is 9.47 Å². The molecule has 4 heteroatoms. The van der Waals surface area contributed by atoms with Gasteiger partial charge >= 0.3 is 0 Å². The van der Waals surface area contributed by atoms with Crippen molar-refractivity contribution in [1.29, 1.82) is 0 Å². The molecule has 1 aromatic carbocycles. The van der Waals surface area contributed by atoms with E-state index in [0.29, 0.717) is 23.7 Å². The lowest BCUT2D eigenvalue weighted by Gasteiger charge is -2.11. The fraction of sp³-hybridized carbons (Fsp3) is 0.333. The smallest absolute Gasteiger partial charge is 0.147 e. The minimum Gasteiger partial charge on any atom is -0.494 e. The van der Waals surface area contributed by atoms with Crippen LogP contribution in [-0.2, 0) is 11.3 Å². The van der Waals surface area contributed by atoms with Crippen LogP contribution in [0.4, 0.5) is 11.4 Å². The van der Waals surface area contributed by atoms with E-state index in [1.54, 1.807) is 26.4 Å². The van der Waals surface area contributed by atoms with E-state index in [-0.39, 0.29) is 0 Å². The van der Waals surface area contributed by atoms with Crippen molar-refractivity contribution in [2.24, 2.45) is 0 Å². The summed E-state index contributed by atoms with van der Waals surface area (Å²) in [6.45, 7) is 0.443. The quantitative estimate of drug-likeness (QED) is 0.684. The Bertz CT molecular complexity index is 300. The van der Waals surface area contributed by atoms with Gasteiger partial charge in [0.1, 0.15) is 5.75 Å². The topological polar surface area (TPSA) is 70.5 Å². The lowest BCUT2D eigenvalue weighted by atomic mass is 10.1. The number of anilines is 2. The van der Waals surface area contributed by atoms with Crippen LogP contribution >= 0.6 is 0 Å². The molecule has 0 radical (unpaired) electrons. The highest BCUT2D eigenvalue weighted by atomic mass is 16.5. The Balaban J connectivity index is 3.13. The number of methoxy groups -OCH3 is 2. The molecule has 0 fully saturated rings. The molecule has 0 saturated carbocycles. The molecule has 13 heavy (non-hydrogen) atoms. The summed E-state index contributed by atoms with van der Waals surface area (Å²) in [6.07, 6.45) is 0. The van der Waals surface area contributed by atoms with Gasteiger partial charge in [0, 0.05) is 18.4 Å². The van der Waals surface area contributed by atoms with E-state index in [1.807, 2.05) is 0 Å². The van der Waals surface area contributed by atoms with E-state index in [9.17, 15) is 0 Å². The van der Waals surface area contributed by atoms with E-state index in [2.05, 4.69) is 0 Å². The van der Waals surface area contributed by atoms with E-state index >= 15 is 0 Å². The first-order valence-corrected chi connectivity index (χ1v) is 3.89. The lowest BCUT2D eigenvalue weighted by molar-refractivity contribution is 0.182. The zero-order chi connectivity index (χ0) is 9.84. The number of rotatable bonds is 3. The van der Waals surface area contributed by atoms with Gasteiger partial charge in [-0.15, -0.1) is 0 Å². The molecule has 0 heterocycles. The second-order valence-corrected chi connectivity index (χ2v) is 2.74. The molecule has 0 amide bonds. The van der Waals surface area contributed by atoms with Gasteiger partial charge in [-0.1, -0.05) is 0 Å². The van der Waals surface area contributed by atoms with Gasteiger partial charge < -0.3 is 20.9 Å². The van der Waals surface area contributed by atoms with Gasteiger partial charge in [0.15, 0.2) is 0 Å². The lowest BCUT2D eigenvalue weighted by Crippen LogP contribution is -2.00. The van der Waals surface area contributed by atoms with Gasteiger partial charge in [0.25, 0.3) is 0 Å². The zero-order valence-electron chi connectivity index (χ0n) is 7.83. The van der Waals surface area contributed by atoms with Crippen LogP contribution in [0.25, 0.3) is 0 Å². The molecule has 4 N–H and O–H groups in total. The number of nitrogen functional groups attached to an aromatic ring is 2. The average molecular weight is 182 g/mol. The molecule has 0 bridgehead atoms. The Morgan fingerprint density at radius 2 is 1.92 bits per heavy atom. The second-order valence-electron chi connectivity index (χ2n) is 2.74. The van der Waals surface area contributed by atoms with Crippen LogP contribution in [0.3, 0.4) is 0 Å². The third-order valence-corrected chi connectivity index (χ3v) is 1.72. The normalized spacial score (nSPS) is 10.0. The Kier molecular flexibility index (Phi) is 2.97. The molecule has 1 rings (SSSR count). The number of benzene rings is 1. The van der Waals surface area contributed by atoms with Crippen molar-refractivity contribution in [2.75, 3.05) is 25.7 Å². The molecular weight excluding hydrogens is 168 g/mol. The first kappa shape index (κ1) is 9.67. The standard InChI is InChI=1S/C9H14N2O2/c1-12-5-6-3-7(10)4-8(11)9(6)13-2/h3-4H,5,10-11H2,1-2H3. The number of ether oxygens (including phenoxy) is 2. The third kappa shape index (κ3) is 2.03. The Morgan fingerprint density at radius 1 is 1.23 bits per heavy atom. The van der Waals surface area contributed by atoms with Gasteiger partial charge in [0.2, 0.25) is 0 Å². The van der Waals surface area contributed by atoms with Gasteiger partial charge in [-0.25, -0.2) is 0 Å². The molecule has 0 unspecified atom stereocenters. The average Bonchev–Trinajstić information content (AvgIpc) is 2.04. The highest BCUT2D eigenvalue weighted by molar-refractivity contribution is 5.64. The van der Waals surface area contributed by atoms with Crippen LogP contribution in [0, 0.1) is 0 Å². The monoisotopic (exact) mass is 182 g/mol. The minimum atomic E-state index is 0.443. The fourth-order valence-electron chi connectivity index (χ4n) is 1.25. The van der Waals surface area contributed by atoms with Crippen molar-refractivity contribution in [1.82, 2.24) is 0 Å². The predicted octanol–water partition coefficient (Wildman–Crippen LogP) is 1.01. The van der Waals surface area contributed by atoms with E-state index in [1.165, 1.54) is 0 Å². The molecule has 72 valence electrons. The molecule has 0 saturated heterocycles. The Hall–Kier alpha value is -1.42. The molecule has 0 atom stereocenters. The van der Waals surface area contributed by atoms with Gasteiger partial charge in [-0.2, -0.15) is 0 Å². The molecular formula is C9H14N2O2. The van der Waals surface area contributed by atoms with Crippen LogP contribution < -0.4 is 16.2 Å². The zero-order valence-corrected chi connectivity index (χ0v) is 7.83. The molecule has 4 nitrogen and oxygen atoms in total. The molecule has 0 aliphatic heterocycles. The summed E-state index contributed by atoms with van der Waals surface area (Å²) in [6, 6.07) is 3.46. The molecule has 0 aliphatic rings. The van der Waals surface area contributed by atoms with Crippen molar-refractivity contribution in [3.05, 3.63) is 17.7 Å². The summed E-state index contributed by atoms with van der Waals surface area (Å²) in [4.78, 5) is 0. The van der Waals surface area contributed by atoms with E-state index < -0.39 is 0 Å². The number of nitrogens with two attached hydrogens (primary N) is 2. The summed E-state index contributed by atoms with van der Waals surface area (Å²) < 4.78 is 10.1. The van der Waals surface area contributed by atoms with Crippen LogP contribution in [0.15, 0.2) is 12.1 Å². The van der Waals surface area contributed by atoms with Crippen molar-refractivity contribution >= 4 is 11.4 Å². The summed E-state index contributed by atoms with van der Waals surface area (Å²) >= 11 is 0. The predicted molar refractivity (Wildman–Crippen MR) is 52.5 cm³/mol. The van der Waals surface area contributed by atoms with Crippen molar-refractivity contribution in [2.45, 2.75) is 6.61 Å². The summed E-state index contributed by atoms with van der Waals surface area (Å²) in [5, 5.41) is 0. The number of hydrogen-bond donors (Lipinski definition) is 2. The maximum absolute atomic E-state index is 5.70. The van der Waals surface area contributed by atoms with Gasteiger partial charge in [-0.3, -0.25) is 0 Å². The first-order valence-electron chi connectivity index (χ1n) is 3.89. The third-order valence-electron chi connectivity index (χ3n) is 1.72. The van der Waals surface area contributed by atoms with Crippen molar-refractivity contribution in [3.63, 3.8) is 0 Å². The highest BCUT2D eigenvalue weighted by Crippen LogP contribution is 2.29. The number of hydrogen-bond acceptors (Lipinski definition) is 4. The summed E-state index contributed by atoms with van der Waals surface area (Å²) in [5.41, 5.74) is 13.3. The fourth-order valence-corrected chi connectivity index (χ4v) is 1.25. The molecule has 0 aromatic heterocycles. The van der Waals surface area contributed by atoms with Crippen LogP contribution in [0.2, 0.25) is 0 Å². The summed E-state index contributed by atoms with van der Waals surface area (Å²) in [5.74, 6) is 0.635. The largest absolute Gasteiger partial charge is 0.494 e. The first-order chi connectivity index (χ1) is 6.19.